The molecule has 0 saturated carbocycles. The number of esters is 1. The van der Waals surface area contributed by atoms with E-state index in [0.717, 1.165) is 31.7 Å². The number of ether oxygens (including phenoxy) is 3. The van der Waals surface area contributed by atoms with Gasteiger partial charge in [-0.05, 0) is 39.0 Å². The minimum Gasteiger partial charge on any atom is -0.493 e. The van der Waals surface area contributed by atoms with Crippen molar-refractivity contribution >= 4 is 17.6 Å². The summed E-state index contributed by atoms with van der Waals surface area (Å²) < 4.78 is 15.2. The molecule has 1 atom stereocenters. The Morgan fingerprint density at radius 1 is 1.21 bits per heavy atom. The predicted octanol–water partition coefficient (Wildman–Crippen LogP) is 3.16. The number of amides is 1. The second-order valence-electron chi connectivity index (χ2n) is 6.68. The van der Waals surface area contributed by atoms with Gasteiger partial charge in [0.25, 0.3) is 11.6 Å². The van der Waals surface area contributed by atoms with E-state index in [9.17, 15) is 19.7 Å². The van der Waals surface area contributed by atoms with Crippen LogP contribution in [0.5, 0.6) is 11.5 Å². The van der Waals surface area contributed by atoms with Crippen LogP contribution < -0.4 is 14.8 Å². The van der Waals surface area contributed by atoms with Gasteiger partial charge < -0.3 is 19.5 Å². The van der Waals surface area contributed by atoms with Crippen LogP contribution >= 0.6 is 0 Å². The maximum atomic E-state index is 12.5. The van der Waals surface area contributed by atoms with Gasteiger partial charge in [-0.3, -0.25) is 14.9 Å². The summed E-state index contributed by atoms with van der Waals surface area (Å²) in [6, 6.07) is 2.25. The van der Waals surface area contributed by atoms with E-state index in [1.54, 1.807) is 0 Å². The minimum absolute atomic E-state index is 0.110. The lowest BCUT2D eigenvalue weighted by atomic mass is 9.97. The van der Waals surface area contributed by atoms with Gasteiger partial charge in [-0.15, -0.1) is 0 Å². The first-order chi connectivity index (χ1) is 13.9. The third-order valence-electron chi connectivity index (χ3n) is 4.70. The van der Waals surface area contributed by atoms with Gasteiger partial charge in [-0.2, -0.15) is 0 Å². The third-order valence-corrected chi connectivity index (χ3v) is 4.70. The van der Waals surface area contributed by atoms with E-state index in [1.807, 2.05) is 0 Å². The second-order valence-corrected chi connectivity index (χ2v) is 6.68. The number of nitro benzene ring substituents is 1. The lowest BCUT2D eigenvalue weighted by Crippen LogP contribution is -2.36. The highest BCUT2D eigenvalue weighted by molar-refractivity contribution is 5.96. The molecule has 0 bridgehead atoms. The van der Waals surface area contributed by atoms with Crippen molar-refractivity contribution in [2.24, 2.45) is 0 Å². The van der Waals surface area contributed by atoms with E-state index >= 15 is 0 Å². The van der Waals surface area contributed by atoms with Crippen LogP contribution in [0.3, 0.4) is 0 Å². The molecule has 0 spiro atoms. The quantitative estimate of drug-likeness (QED) is 0.290. The van der Waals surface area contributed by atoms with Crippen molar-refractivity contribution in [2.45, 2.75) is 45.1 Å². The van der Waals surface area contributed by atoms with Crippen LogP contribution in [0.4, 0.5) is 5.69 Å². The van der Waals surface area contributed by atoms with Crippen LogP contribution in [0.2, 0.25) is 0 Å². The summed E-state index contributed by atoms with van der Waals surface area (Å²) in [6.07, 6.45) is 6.34. The van der Waals surface area contributed by atoms with Crippen molar-refractivity contribution in [2.75, 3.05) is 20.8 Å². The zero-order chi connectivity index (χ0) is 21.4. The third kappa shape index (κ3) is 5.94. The standard InChI is InChI=1S/C20H26N2O7/c1-13(19(23)21-10-9-14-7-5-4-6-8-14)29-20(24)15-11-17(27-2)18(28-3)12-16(15)22(25)26/h7,11-13H,4-6,8-10H2,1-3H3,(H,21,23)/t13-/m1/s1. The van der Waals surface area contributed by atoms with Crippen LogP contribution in [0.15, 0.2) is 23.8 Å². The molecule has 0 heterocycles. The number of rotatable bonds is 9. The second kappa shape index (κ2) is 10.4. The molecule has 0 aliphatic heterocycles. The van der Waals surface area contributed by atoms with Crippen molar-refractivity contribution in [1.29, 1.82) is 0 Å². The predicted molar refractivity (Wildman–Crippen MR) is 105 cm³/mol. The first-order valence-corrected chi connectivity index (χ1v) is 9.44. The van der Waals surface area contributed by atoms with Crippen molar-refractivity contribution in [3.63, 3.8) is 0 Å². The van der Waals surface area contributed by atoms with Crippen LogP contribution in [0.25, 0.3) is 0 Å². The van der Waals surface area contributed by atoms with E-state index in [-0.39, 0.29) is 17.1 Å². The van der Waals surface area contributed by atoms with Crippen LogP contribution in [-0.2, 0) is 9.53 Å². The first-order valence-electron chi connectivity index (χ1n) is 9.44. The fraction of sp³-hybridized carbons (Fsp3) is 0.500. The Morgan fingerprint density at radius 2 is 1.90 bits per heavy atom. The van der Waals surface area contributed by atoms with Crippen LogP contribution in [0, 0.1) is 10.1 Å². The molecular formula is C20H26N2O7. The van der Waals surface area contributed by atoms with Gasteiger partial charge in [-0.25, -0.2) is 4.79 Å². The van der Waals surface area contributed by atoms with Crippen LogP contribution in [-0.4, -0.2) is 43.7 Å². The van der Waals surface area contributed by atoms with E-state index in [0.29, 0.717) is 6.54 Å². The van der Waals surface area contributed by atoms with Gasteiger partial charge in [0.05, 0.1) is 25.2 Å². The summed E-state index contributed by atoms with van der Waals surface area (Å²) in [5.74, 6) is -1.20. The average molecular weight is 406 g/mol. The minimum atomic E-state index is -1.10. The van der Waals surface area contributed by atoms with E-state index < -0.39 is 28.6 Å². The molecule has 29 heavy (non-hydrogen) atoms. The molecule has 9 heteroatoms. The van der Waals surface area contributed by atoms with Crippen molar-refractivity contribution in [3.8, 4) is 11.5 Å². The van der Waals surface area contributed by atoms with Gasteiger partial charge in [0.2, 0.25) is 0 Å². The molecule has 1 aromatic carbocycles. The number of hydrogen-bond acceptors (Lipinski definition) is 7. The fourth-order valence-electron chi connectivity index (χ4n) is 3.08. The van der Waals surface area contributed by atoms with Gasteiger partial charge >= 0.3 is 5.97 Å². The Labute approximate surface area is 169 Å². The zero-order valence-corrected chi connectivity index (χ0v) is 16.9. The van der Waals surface area contributed by atoms with Crippen LogP contribution in [0.1, 0.15) is 49.4 Å². The highest BCUT2D eigenvalue weighted by Gasteiger charge is 2.28. The van der Waals surface area contributed by atoms with Gasteiger partial charge in [0.1, 0.15) is 5.56 Å². The van der Waals surface area contributed by atoms with E-state index in [4.69, 9.17) is 14.2 Å². The number of nitrogens with zero attached hydrogens (tertiary/aromatic N) is 1. The maximum Gasteiger partial charge on any atom is 0.346 e. The molecule has 0 radical (unpaired) electrons. The Bertz CT molecular complexity index is 804. The Hall–Kier alpha value is -3.10. The largest absolute Gasteiger partial charge is 0.493 e. The normalized spacial score (nSPS) is 14.4. The number of methoxy groups -OCH3 is 2. The zero-order valence-electron chi connectivity index (χ0n) is 16.9. The molecule has 9 nitrogen and oxygen atoms in total. The average Bonchev–Trinajstić information content (AvgIpc) is 2.73. The lowest BCUT2D eigenvalue weighted by Gasteiger charge is -2.16. The molecule has 158 valence electrons. The molecule has 1 aliphatic rings. The smallest absolute Gasteiger partial charge is 0.346 e. The number of carbonyl (C=O) groups is 2. The molecule has 0 saturated heterocycles. The topological polar surface area (TPSA) is 117 Å². The maximum absolute atomic E-state index is 12.5. The fourth-order valence-corrected chi connectivity index (χ4v) is 3.08. The summed E-state index contributed by atoms with van der Waals surface area (Å²) in [7, 11) is 2.67. The number of carbonyl (C=O) groups excluding carboxylic acids is 2. The summed E-state index contributed by atoms with van der Waals surface area (Å²) in [6.45, 7) is 1.86. The number of nitrogens with one attached hydrogen (secondary N) is 1. The number of allylic oxidation sites excluding steroid dienone is 1. The summed E-state index contributed by atoms with van der Waals surface area (Å²) in [5, 5.41) is 14.1. The molecule has 1 aromatic rings. The molecule has 0 fully saturated rings. The molecule has 0 aromatic heterocycles. The van der Waals surface area contributed by atoms with Crippen molar-refractivity contribution in [3.05, 3.63) is 39.5 Å². The molecule has 1 amide bonds. The van der Waals surface area contributed by atoms with Gasteiger partial charge in [-0.1, -0.05) is 11.6 Å². The number of nitro groups is 1. The Balaban J connectivity index is 2.01. The highest BCUT2D eigenvalue weighted by atomic mass is 16.6. The number of benzene rings is 1. The van der Waals surface area contributed by atoms with Gasteiger partial charge in [0.15, 0.2) is 17.6 Å². The van der Waals surface area contributed by atoms with E-state index in [2.05, 4.69) is 11.4 Å². The summed E-state index contributed by atoms with van der Waals surface area (Å²) >= 11 is 0. The molecule has 1 aliphatic carbocycles. The summed E-state index contributed by atoms with van der Waals surface area (Å²) in [5.41, 5.74) is 0.506. The van der Waals surface area contributed by atoms with E-state index in [1.165, 1.54) is 39.2 Å². The molecule has 1 N–H and O–H groups in total. The lowest BCUT2D eigenvalue weighted by molar-refractivity contribution is -0.385. The van der Waals surface area contributed by atoms with Crippen molar-refractivity contribution in [1.82, 2.24) is 5.32 Å². The highest BCUT2D eigenvalue weighted by Crippen LogP contribution is 2.35. The Morgan fingerprint density at radius 3 is 2.48 bits per heavy atom. The number of hydrogen-bond donors (Lipinski definition) is 1. The molecule has 2 rings (SSSR count). The summed E-state index contributed by atoms with van der Waals surface area (Å²) in [4.78, 5) is 35.3. The SMILES string of the molecule is COc1cc(C(=O)O[C@H](C)C(=O)NCCC2=CCCCC2)c([N+](=O)[O-])cc1OC. The molecule has 0 unspecified atom stereocenters. The van der Waals surface area contributed by atoms with Gasteiger partial charge in [0, 0.05) is 12.6 Å². The molecular weight excluding hydrogens is 380 g/mol. The Kier molecular flexibility index (Phi) is 7.99. The first kappa shape index (κ1) is 22.2. The van der Waals surface area contributed by atoms with Crippen molar-refractivity contribution < 1.29 is 28.7 Å². The monoisotopic (exact) mass is 406 g/mol.